The van der Waals surface area contributed by atoms with Gasteiger partial charge in [0.05, 0.1) is 13.2 Å². The van der Waals surface area contributed by atoms with Crippen molar-refractivity contribution in [3.63, 3.8) is 0 Å². The average Bonchev–Trinajstić information content (AvgIpc) is 3.12. The van der Waals surface area contributed by atoms with Crippen LogP contribution in [-0.4, -0.2) is 73.3 Å². The van der Waals surface area contributed by atoms with E-state index in [0.717, 1.165) is 96.2 Å². The first-order valence-electron chi connectivity index (χ1n) is 10.2. The van der Waals surface area contributed by atoms with E-state index in [1.54, 1.807) is 0 Å². The van der Waals surface area contributed by atoms with Crippen LogP contribution in [-0.2, 0) is 9.53 Å². The van der Waals surface area contributed by atoms with Gasteiger partial charge in [0.2, 0.25) is 11.9 Å². The third kappa shape index (κ3) is 4.43. The molecule has 0 aliphatic carbocycles. The minimum absolute atomic E-state index is 0.333. The fourth-order valence-electron chi connectivity index (χ4n) is 4.29. The monoisotopic (exact) mass is 374 g/mol. The van der Waals surface area contributed by atoms with Gasteiger partial charge in [0.15, 0.2) is 0 Å². The number of morpholine rings is 1. The smallest absolute Gasteiger partial charge is 0.223 e. The van der Waals surface area contributed by atoms with Crippen LogP contribution in [0.2, 0.25) is 0 Å². The van der Waals surface area contributed by atoms with E-state index in [9.17, 15) is 4.79 Å². The Morgan fingerprint density at radius 1 is 1.04 bits per heavy atom. The highest BCUT2D eigenvalue weighted by Crippen LogP contribution is 2.27. The molecule has 0 saturated carbocycles. The van der Waals surface area contributed by atoms with Crippen molar-refractivity contribution >= 4 is 23.5 Å². The molecule has 3 aliphatic rings. The quantitative estimate of drug-likeness (QED) is 0.826. The van der Waals surface area contributed by atoms with Crippen LogP contribution in [0.25, 0.3) is 0 Å². The lowest BCUT2D eigenvalue weighted by Crippen LogP contribution is -2.38. The zero-order valence-electron chi connectivity index (χ0n) is 16.0. The van der Waals surface area contributed by atoms with E-state index in [0.29, 0.717) is 17.8 Å². The SMILES string of the molecule is Nc1nc(N2CCOCC2)cc(N2CCC(CCN3CCCC3=O)CC2)n1. The van der Waals surface area contributed by atoms with Crippen molar-refractivity contribution in [2.24, 2.45) is 5.92 Å². The number of amides is 1. The summed E-state index contributed by atoms with van der Waals surface area (Å²) in [5.74, 6) is 3.18. The first kappa shape index (κ1) is 18.3. The normalized spacial score (nSPS) is 21.9. The molecule has 4 heterocycles. The Morgan fingerprint density at radius 3 is 2.33 bits per heavy atom. The fraction of sp³-hybridized carbons (Fsp3) is 0.737. The third-order valence-corrected chi connectivity index (χ3v) is 5.97. The number of hydrogen-bond acceptors (Lipinski definition) is 7. The summed E-state index contributed by atoms with van der Waals surface area (Å²) in [6.45, 7) is 6.97. The Labute approximate surface area is 160 Å². The molecule has 8 heteroatoms. The van der Waals surface area contributed by atoms with Crippen molar-refractivity contribution in [2.75, 3.05) is 68.0 Å². The fourth-order valence-corrected chi connectivity index (χ4v) is 4.29. The standard InChI is InChI=1S/C19H30N6O2/c20-19-21-16(14-17(22-19)24-10-12-27-13-11-24)23-7-3-15(4-8-23)5-9-25-6-1-2-18(25)26/h14-15H,1-13H2,(H2,20,21,22). The van der Waals surface area contributed by atoms with E-state index in [1.807, 2.05) is 4.90 Å². The van der Waals surface area contributed by atoms with E-state index in [4.69, 9.17) is 10.5 Å². The van der Waals surface area contributed by atoms with Crippen molar-refractivity contribution in [2.45, 2.75) is 32.1 Å². The number of aromatic nitrogens is 2. The molecule has 0 radical (unpaired) electrons. The van der Waals surface area contributed by atoms with E-state index in [1.165, 1.54) is 0 Å². The number of piperidine rings is 1. The molecule has 3 saturated heterocycles. The predicted octanol–water partition coefficient (Wildman–Crippen LogP) is 1.12. The van der Waals surface area contributed by atoms with E-state index in [-0.39, 0.29) is 0 Å². The molecule has 3 aliphatic heterocycles. The lowest BCUT2D eigenvalue weighted by atomic mass is 9.93. The molecular formula is C19H30N6O2. The summed E-state index contributed by atoms with van der Waals surface area (Å²) in [6, 6.07) is 2.06. The second-order valence-electron chi connectivity index (χ2n) is 7.75. The van der Waals surface area contributed by atoms with Crippen LogP contribution in [0.5, 0.6) is 0 Å². The molecule has 2 N–H and O–H groups in total. The zero-order chi connectivity index (χ0) is 18.6. The molecule has 0 unspecified atom stereocenters. The molecule has 8 nitrogen and oxygen atoms in total. The molecule has 148 valence electrons. The number of nitrogens with zero attached hydrogens (tertiary/aromatic N) is 5. The van der Waals surface area contributed by atoms with Crippen LogP contribution in [0.15, 0.2) is 6.07 Å². The van der Waals surface area contributed by atoms with Crippen molar-refractivity contribution in [1.82, 2.24) is 14.9 Å². The van der Waals surface area contributed by atoms with E-state index >= 15 is 0 Å². The molecular weight excluding hydrogens is 344 g/mol. The minimum Gasteiger partial charge on any atom is -0.378 e. The summed E-state index contributed by atoms with van der Waals surface area (Å²) < 4.78 is 5.43. The summed E-state index contributed by atoms with van der Waals surface area (Å²) in [7, 11) is 0. The topological polar surface area (TPSA) is 87.8 Å². The Morgan fingerprint density at radius 2 is 1.70 bits per heavy atom. The molecule has 0 spiro atoms. The van der Waals surface area contributed by atoms with Gasteiger partial charge in [-0.2, -0.15) is 9.97 Å². The number of ether oxygens (including phenoxy) is 1. The van der Waals surface area contributed by atoms with Crippen molar-refractivity contribution in [3.05, 3.63) is 6.07 Å². The number of nitrogen functional groups attached to an aromatic ring is 1. The Hall–Kier alpha value is -2.09. The number of carbonyl (C=O) groups is 1. The highest BCUT2D eigenvalue weighted by Gasteiger charge is 2.25. The molecule has 27 heavy (non-hydrogen) atoms. The highest BCUT2D eigenvalue weighted by atomic mass is 16.5. The maximum Gasteiger partial charge on any atom is 0.223 e. The first-order chi connectivity index (χ1) is 13.2. The Balaban J connectivity index is 1.32. The summed E-state index contributed by atoms with van der Waals surface area (Å²) in [5, 5.41) is 0. The lowest BCUT2D eigenvalue weighted by Gasteiger charge is -2.34. The molecule has 1 aromatic rings. The Kier molecular flexibility index (Phi) is 5.61. The number of rotatable bonds is 5. The average molecular weight is 374 g/mol. The lowest BCUT2D eigenvalue weighted by molar-refractivity contribution is -0.127. The molecule has 0 atom stereocenters. The van der Waals surface area contributed by atoms with Gasteiger partial charge >= 0.3 is 0 Å². The second kappa shape index (κ2) is 8.29. The number of carbonyl (C=O) groups excluding carboxylic acids is 1. The van der Waals surface area contributed by atoms with Gasteiger partial charge in [-0.15, -0.1) is 0 Å². The van der Waals surface area contributed by atoms with Crippen LogP contribution in [0.3, 0.4) is 0 Å². The van der Waals surface area contributed by atoms with Gasteiger partial charge in [-0.25, -0.2) is 0 Å². The minimum atomic E-state index is 0.333. The number of nitrogens with two attached hydrogens (primary N) is 1. The molecule has 4 rings (SSSR count). The molecule has 0 aromatic carbocycles. The van der Waals surface area contributed by atoms with Crippen LogP contribution >= 0.6 is 0 Å². The molecule has 1 aromatic heterocycles. The van der Waals surface area contributed by atoms with E-state index in [2.05, 4.69) is 25.8 Å². The zero-order valence-corrected chi connectivity index (χ0v) is 16.0. The van der Waals surface area contributed by atoms with Crippen molar-refractivity contribution in [1.29, 1.82) is 0 Å². The van der Waals surface area contributed by atoms with Crippen LogP contribution in [0.1, 0.15) is 32.1 Å². The van der Waals surface area contributed by atoms with Crippen molar-refractivity contribution in [3.8, 4) is 0 Å². The van der Waals surface area contributed by atoms with Gasteiger partial charge in [-0.3, -0.25) is 4.79 Å². The second-order valence-corrected chi connectivity index (χ2v) is 7.75. The van der Waals surface area contributed by atoms with Crippen LogP contribution in [0.4, 0.5) is 17.6 Å². The van der Waals surface area contributed by atoms with Gasteiger partial charge in [0, 0.05) is 51.8 Å². The maximum atomic E-state index is 11.8. The largest absolute Gasteiger partial charge is 0.378 e. The van der Waals surface area contributed by atoms with Crippen LogP contribution < -0.4 is 15.5 Å². The van der Waals surface area contributed by atoms with Gasteiger partial charge in [0.1, 0.15) is 11.6 Å². The third-order valence-electron chi connectivity index (χ3n) is 5.97. The van der Waals surface area contributed by atoms with Gasteiger partial charge < -0.3 is 25.2 Å². The number of hydrogen-bond donors (Lipinski definition) is 1. The summed E-state index contributed by atoms with van der Waals surface area (Å²) in [5.41, 5.74) is 5.99. The predicted molar refractivity (Wildman–Crippen MR) is 105 cm³/mol. The first-order valence-corrected chi connectivity index (χ1v) is 10.2. The van der Waals surface area contributed by atoms with Gasteiger partial charge in [-0.1, -0.05) is 0 Å². The van der Waals surface area contributed by atoms with Crippen molar-refractivity contribution < 1.29 is 9.53 Å². The maximum absolute atomic E-state index is 11.8. The van der Waals surface area contributed by atoms with Gasteiger partial charge in [0.25, 0.3) is 0 Å². The van der Waals surface area contributed by atoms with E-state index < -0.39 is 0 Å². The molecule has 3 fully saturated rings. The molecule has 0 bridgehead atoms. The summed E-state index contributed by atoms with van der Waals surface area (Å²) in [6.07, 6.45) is 5.15. The summed E-state index contributed by atoms with van der Waals surface area (Å²) >= 11 is 0. The molecule has 1 amide bonds. The highest BCUT2D eigenvalue weighted by molar-refractivity contribution is 5.78. The Bertz CT molecular complexity index is 656. The van der Waals surface area contributed by atoms with Crippen LogP contribution in [0, 0.1) is 5.92 Å². The van der Waals surface area contributed by atoms with Gasteiger partial charge in [-0.05, 0) is 31.6 Å². The number of likely N-dealkylation sites (tertiary alicyclic amines) is 1. The summed E-state index contributed by atoms with van der Waals surface area (Å²) in [4.78, 5) is 27.2. The number of anilines is 3.